The van der Waals surface area contributed by atoms with Crippen molar-refractivity contribution in [2.75, 3.05) is 13.6 Å². The van der Waals surface area contributed by atoms with Gasteiger partial charge in [0.25, 0.3) is 0 Å². The van der Waals surface area contributed by atoms with Crippen molar-refractivity contribution in [2.24, 2.45) is 0 Å². The molecular formula is C19H23N3O. The number of benzene rings is 2. The first-order valence-corrected chi connectivity index (χ1v) is 8.18. The number of aromatic nitrogens is 2. The minimum atomic E-state index is 0.0829. The summed E-state index contributed by atoms with van der Waals surface area (Å²) in [7, 11) is 1.96. The lowest BCUT2D eigenvalue weighted by Gasteiger charge is -2.03. The maximum absolute atomic E-state index is 12.9. The van der Waals surface area contributed by atoms with E-state index in [-0.39, 0.29) is 5.69 Å². The van der Waals surface area contributed by atoms with Gasteiger partial charge in [-0.25, -0.2) is 4.79 Å². The van der Waals surface area contributed by atoms with Crippen molar-refractivity contribution in [1.82, 2.24) is 14.5 Å². The Morgan fingerprint density at radius 3 is 2.22 bits per heavy atom. The summed E-state index contributed by atoms with van der Waals surface area (Å²) >= 11 is 0. The SMILES string of the molecule is CNCCCCn1c(=O)n(Cc2ccccc2)c2ccccc21. The summed E-state index contributed by atoms with van der Waals surface area (Å²) in [6.07, 6.45) is 2.07. The summed E-state index contributed by atoms with van der Waals surface area (Å²) in [5.74, 6) is 0. The molecular weight excluding hydrogens is 286 g/mol. The molecule has 2 aromatic carbocycles. The zero-order valence-electron chi connectivity index (χ0n) is 13.5. The van der Waals surface area contributed by atoms with E-state index in [4.69, 9.17) is 0 Å². The van der Waals surface area contributed by atoms with Crippen LogP contribution in [0.2, 0.25) is 0 Å². The molecule has 0 amide bonds. The second-order valence-electron chi connectivity index (χ2n) is 5.81. The normalized spacial score (nSPS) is 11.2. The van der Waals surface area contributed by atoms with Crippen LogP contribution in [-0.2, 0) is 13.1 Å². The van der Waals surface area contributed by atoms with Gasteiger partial charge >= 0.3 is 5.69 Å². The molecule has 0 saturated carbocycles. The largest absolute Gasteiger partial charge is 0.329 e. The highest BCUT2D eigenvalue weighted by Gasteiger charge is 2.12. The van der Waals surface area contributed by atoms with Gasteiger partial charge in [0.1, 0.15) is 0 Å². The van der Waals surface area contributed by atoms with E-state index in [1.807, 2.05) is 58.6 Å². The van der Waals surface area contributed by atoms with Crippen molar-refractivity contribution < 1.29 is 0 Å². The number of imidazole rings is 1. The van der Waals surface area contributed by atoms with E-state index in [1.54, 1.807) is 0 Å². The van der Waals surface area contributed by atoms with Crippen molar-refractivity contribution in [3.8, 4) is 0 Å². The van der Waals surface area contributed by atoms with Gasteiger partial charge < -0.3 is 5.32 Å². The van der Waals surface area contributed by atoms with Crippen molar-refractivity contribution in [3.05, 3.63) is 70.6 Å². The number of hydrogen-bond donors (Lipinski definition) is 1. The van der Waals surface area contributed by atoms with Crippen LogP contribution < -0.4 is 11.0 Å². The van der Waals surface area contributed by atoms with Crippen LogP contribution in [0.4, 0.5) is 0 Å². The highest BCUT2D eigenvalue weighted by molar-refractivity contribution is 5.76. The average Bonchev–Trinajstić information content (AvgIpc) is 2.85. The van der Waals surface area contributed by atoms with E-state index in [9.17, 15) is 4.79 Å². The molecule has 0 aliphatic carbocycles. The summed E-state index contributed by atoms with van der Waals surface area (Å²) < 4.78 is 3.79. The van der Waals surface area contributed by atoms with Crippen LogP contribution in [0, 0.1) is 0 Å². The van der Waals surface area contributed by atoms with E-state index < -0.39 is 0 Å². The Morgan fingerprint density at radius 2 is 1.52 bits per heavy atom. The monoisotopic (exact) mass is 309 g/mol. The van der Waals surface area contributed by atoms with Gasteiger partial charge in [-0.1, -0.05) is 42.5 Å². The van der Waals surface area contributed by atoms with Gasteiger partial charge in [-0.05, 0) is 44.1 Å². The Hall–Kier alpha value is -2.33. The molecule has 4 heteroatoms. The predicted molar refractivity (Wildman–Crippen MR) is 94.9 cm³/mol. The molecule has 3 rings (SSSR count). The highest BCUT2D eigenvalue weighted by Crippen LogP contribution is 2.15. The number of fused-ring (bicyclic) bond motifs is 1. The molecule has 0 atom stereocenters. The maximum atomic E-state index is 12.9. The molecule has 4 nitrogen and oxygen atoms in total. The number of hydrogen-bond acceptors (Lipinski definition) is 2. The van der Waals surface area contributed by atoms with Crippen molar-refractivity contribution >= 4 is 11.0 Å². The van der Waals surface area contributed by atoms with Gasteiger partial charge in [0.2, 0.25) is 0 Å². The third-order valence-corrected chi connectivity index (χ3v) is 4.17. The first-order valence-electron chi connectivity index (χ1n) is 8.18. The summed E-state index contributed by atoms with van der Waals surface area (Å²) in [5, 5.41) is 3.15. The number of aryl methyl sites for hydroxylation is 1. The average molecular weight is 309 g/mol. The van der Waals surface area contributed by atoms with E-state index in [0.29, 0.717) is 6.54 Å². The zero-order chi connectivity index (χ0) is 16.1. The van der Waals surface area contributed by atoms with Crippen LogP contribution >= 0.6 is 0 Å². The standard InChI is InChI=1S/C19H23N3O/c1-20-13-7-8-14-21-17-11-5-6-12-18(17)22(19(21)23)15-16-9-3-2-4-10-16/h2-6,9-12,20H,7-8,13-15H2,1H3. The van der Waals surface area contributed by atoms with Crippen LogP contribution in [-0.4, -0.2) is 22.7 Å². The van der Waals surface area contributed by atoms with E-state index in [0.717, 1.165) is 42.5 Å². The van der Waals surface area contributed by atoms with Gasteiger partial charge in [-0.2, -0.15) is 0 Å². The Morgan fingerprint density at radius 1 is 0.870 bits per heavy atom. The Bertz CT molecular complexity index is 817. The fourth-order valence-electron chi connectivity index (χ4n) is 2.98. The Balaban J connectivity index is 1.95. The molecule has 0 bridgehead atoms. The van der Waals surface area contributed by atoms with Gasteiger partial charge in [-0.15, -0.1) is 0 Å². The van der Waals surface area contributed by atoms with Crippen molar-refractivity contribution in [1.29, 1.82) is 0 Å². The van der Waals surface area contributed by atoms with Crippen LogP contribution in [0.15, 0.2) is 59.4 Å². The minimum absolute atomic E-state index is 0.0829. The van der Waals surface area contributed by atoms with E-state index in [2.05, 4.69) is 17.4 Å². The molecule has 0 aliphatic heterocycles. The molecule has 120 valence electrons. The molecule has 0 radical (unpaired) electrons. The van der Waals surface area contributed by atoms with Crippen molar-refractivity contribution in [3.63, 3.8) is 0 Å². The van der Waals surface area contributed by atoms with Gasteiger partial charge in [-0.3, -0.25) is 9.13 Å². The van der Waals surface area contributed by atoms with E-state index >= 15 is 0 Å². The van der Waals surface area contributed by atoms with Crippen LogP contribution in [0.1, 0.15) is 18.4 Å². The first kappa shape index (κ1) is 15.6. The summed E-state index contributed by atoms with van der Waals surface area (Å²) in [4.78, 5) is 12.9. The molecule has 23 heavy (non-hydrogen) atoms. The first-order chi connectivity index (χ1) is 11.3. The molecule has 0 spiro atoms. The molecule has 0 fully saturated rings. The quantitative estimate of drug-likeness (QED) is 0.682. The Kier molecular flexibility index (Phi) is 4.93. The number of para-hydroxylation sites is 2. The second-order valence-corrected chi connectivity index (χ2v) is 5.81. The summed E-state index contributed by atoms with van der Waals surface area (Å²) in [6, 6.07) is 18.2. The number of nitrogens with one attached hydrogen (secondary N) is 1. The molecule has 0 unspecified atom stereocenters. The highest BCUT2D eigenvalue weighted by atomic mass is 16.1. The fraction of sp³-hybridized carbons (Fsp3) is 0.316. The van der Waals surface area contributed by atoms with Gasteiger partial charge in [0, 0.05) is 6.54 Å². The third-order valence-electron chi connectivity index (χ3n) is 4.17. The maximum Gasteiger partial charge on any atom is 0.329 e. The number of unbranched alkanes of at least 4 members (excludes halogenated alkanes) is 1. The summed E-state index contributed by atoms with van der Waals surface area (Å²) in [5.41, 5.74) is 3.26. The molecule has 0 saturated heterocycles. The number of rotatable bonds is 7. The Labute approximate surface area is 136 Å². The van der Waals surface area contributed by atoms with Crippen LogP contribution in [0.5, 0.6) is 0 Å². The van der Waals surface area contributed by atoms with Gasteiger partial charge in [0.15, 0.2) is 0 Å². The van der Waals surface area contributed by atoms with Crippen LogP contribution in [0.3, 0.4) is 0 Å². The molecule has 3 aromatic rings. The smallest absolute Gasteiger partial charge is 0.320 e. The van der Waals surface area contributed by atoms with Crippen LogP contribution in [0.25, 0.3) is 11.0 Å². The zero-order valence-corrected chi connectivity index (χ0v) is 13.5. The molecule has 0 aliphatic rings. The number of nitrogens with zero attached hydrogens (tertiary/aromatic N) is 2. The minimum Gasteiger partial charge on any atom is -0.320 e. The molecule has 1 aromatic heterocycles. The summed E-state index contributed by atoms with van der Waals surface area (Å²) in [6.45, 7) is 2.37. The lowest BCUT2D eigenvalue weighted by molar-refractivity contribution is 0.576. The van der Waals surface area contributed by atoms with Crippen molar-refractivity contribution in [2.45, 2.75) is 25.9 Å². The molecule has 1 heterocycles. The predicted octanol–water partition coefficient (Wildman–Crippen LogP) is 2.85. The lowest BCUT2D eigenvalue weighted by atomic mass is 10.2. The molecule has 1 N–H and O–H groups in total. The van der Waals surface area contributed by atoms with E-state index in [1.165, 1.54) is 0 Å². The topological polar surface area (TPSA) is 39.0 Å². The van der Waals surface area contributed by atoms with Gasteiger partial charge in [0.05, 0.1) is 17.6 Å². The fourth-order valence-corrected chi connectivity index (χ4v) is 2.98. The third kappa shape index (κ3) is 3.37. The second kappa shape index (κ2) is 7.29. The lowest BCUT2D eigenvalue weighted by Crippen LogP contribution is -2.25.